The van der Waals surface area contributed by atoms with Gasteiger partial charge in [-0.05, 0) is 48.4 Å². The zero-order valence-electron chi connectivity index (χ0n) is 18.4. The van der Waals surface area contributed by atoms with Crippen LogP contribution < -0.4 is 14.9 Å². The average Bonchev–Trinajstić information content (AvgIpc) is 2.78. The van der Waals surface area contributed by atoms with Crippen LogP contribution in [0.2, 0.25) is 0 Å². The van der Waals surface area contributed by atoms with E-state index in [1.165, 1.54) is 49.2 Å². The van der Waals surface area contributed by atoms with Crippen LogP contribution in [0, 0.1) is 5.82 Å². The Kier molecular flexibility index (Phi) is 8.70. The first-order chi connectivity index (χ1) is 15.6. The smallest absolute Gasteiger partial charge is 0.325 e. The van der Waals surface area contributed by atoms with E-state index >= 15 is 0 Å². The van der Waals surface area contributed by atoms with E-state index in [1.807, 2.05) is 10.8 Å². The van der Waals surface area contributed by atoms with Gasteiger partial charge in [0.15, 0.2) is 0 Å². The first-order valence-electron chi connectivity index (χ1n) is 9.95. The lowest BCUT2D eigenvalue weighted by Gasteiger charge is -2.25. The summed E-state index contributed by atoms with van der Waals surface area (Å²) in [6.07, 6.45) is 2.53. The molecule has 0 radical (unpaired) electrons. The van der Waals surface area contributed by atoms with Crippen LogP contribution in [0.1, 0.15) is 15.3 Å². The second-order valence-electron chi connectivity index (χ2n) is 7.15. The fourth-order valence-corrected chi connectivity index (χ4v) is 4.16. The van der Waals surface area contributed by atoms with Crippen molar-refractivity contribution in [2.24, 2.45) is 0 Å². The lowest BCUT2D eigenvalue weighted by Crippen LogP contribution is -2.52. The summed E-state index contributed by atoms with van der Waals surface area (Å²) >= 11 is 0. The maximum absolute atomic E-state index is 13.3. The van der Waals surface area contributed by atoms with Crippen LogP contribution in [0.25, 0.3) is 0 Å². The summed E-state index contributed by atoms with van der Waals surface area (Å²) in [6, 6.07) is 12.0. The molecule has 0 aliphatic rings. The molecule has 0 bridgehead atoms. The Morgan fingerprint density at radius 3 is 2.24 bits per heavy atom. The van der Waals surface area contributed by atoms with Gasteiger partial charge in [-0.15, -0.1) is 0 Å². The highest BCUT2D eigenvalue weighted by Gasteiger charge is 2.28. The Balaban J connectivity index is 0.00000578. The fourth-order valence-electron chi connectivity index (χ4n) is 3.02. The number of nitrogens with one attached hydrogen (secondary N) is 2. The van der Waals surface area contributed by atoms with Gasteiger partial charge < -0.3 is 10.2 Å². The van der Waals surface area contributed by atoms with Crippen LogP contribution in [0.15, 0.2) is 90.4 Å². The van der Waals surface area contributed by atoms with Gasteiger partial charge in [-0.2, -0.15) is 0 Å². The van der Waals surface area contributed by atoms with Crippen LogP contribution in [0.5, 0.6) is 0 Å². The second-order valence-corrected chi connectivity index (χ2v) is 8.80. The molecule has 2 aromatic rings. The number of allylic oxidation sites excluding steroid dienone is 3. The minimum Gasteiger partial charge on any atom is -0.325 e. The van der Waals surface area contributed by atoms with Crippen molar-refractivity contribution in [3.05, 3.63) is 102 Å². The van der Waals surface area contributed by atoms with E-state index in [0.717, 1.165) is 11.6 Å². The molecule has 0 saturated carbocycles. The fraction of sp³-hybridized carbons (Fsp3) is 0.167. The normalized spacial score (nSPS) is 12.7. The molecule has 0 fully saturated rings. The number of halogens is 1. The van der Waals surface area contributed by atoms with E-state index in [0.29, 0.717) is 11.3 Å². The van der Waals surface area contributed by atoms with Crippen molar-refractivity contribution in [3.8, 4) is 0 Å². The van der Waals surface area contributed by atoms with E-state index < -0.39 is 33.8 Å². The number of hydrogen-bond donors (Lipinski definition) is 2. The first kappa shape index (κ1) is 25.5. The third-order valence-corrected chi connectivity index (χ3v) is 6.35. The topological polar surface area (TPSA) is 95.6 Å². The van der Waals surface area contributed by atoms with Gasteiger partial charge in [0.25, 0.3) is 10.0 Å². The summed E-state index contributed by atoms with van der Waals surface area (Å²) in [5.41, 5.74) is 1.46. The number of nitrogens with zero attached hydrogens (tertiary/aromatic N) is 1. The average molecular weight is 476 g/mol. The molecule has 3 amide bonds. The number of carbonyl (C=O) groups is 2. The van der Waals surface area contributed by atoms with E-state index in [4.69, 9.17) is 0 Å². The highest BCUT2D eigenvalue weighted by molar-refractivity contribution is 7.94. The number of sulfonamides is 1. The molecule has 33 heavy (non-hydrogen) atoms. The first-order valence-corrected chi connectivity index (χ1v) is 11.4. The zero-order chi connectivity index (χ0) is 24.6. The lowest BCUT2D eigenvalue weighted by molar-refractivity contribution is -0.120. The molecule has 0 aromatic heterocycles. The van der Waals surface area contributed by atoms with Crippen LogP contribution in [0.4, 0.5) is 14.9 Å². The standard InChI is InChI=1S/C24H26FN3O4S.2H2/c1-5-17(3)22(6-2)33(31,32)27-24(30)26-21(16-18-10-8-7-9-11-18)23(29)28(4)20-14-12-19(25)13-15-20;;/h5-15,21H,1-2,16H2,3-4H3,(H2,26,27,30);2*1H/b22-17+;;/t21-;;/m0../s1. The van der Waals surface area contributed by atoms with Gasteiger partial charge in [0, 0.05) is 22.0 Å². The maximum atomic E-state index is 13.3. The van der Waals surface area contributed by atoms with Gasteiger partial charge in [0.2, 0.25) is 5.91 Å². The number of benzene rings is 2. The van der Waals surface area contributed by atoms with Crippen molar-refractivity contribution < 1.29 is 25.3 Å². The molecule has 0 spiro atoms. The highest BCUT2D eigenvalue weighted by Crippen LogP contribution is 2.16. The Bertz CT molecular complexity index is 1170. The van der Waals surface area contributed by atoms with Crippen molar-refractivity contribution >= 4 is 27.6 Å². The lowest BCUT2D eigenvalue weighted by atomic mass is 10.0. The van der Waals surface area contributed by atoms with E-state index in [-0.39, 0.29) is 14.2 Å². The molecule has 7 nitrogen and oxygen atoms in total. The molecule has 9 heteroatoms. The van der Waals surface area contributed by atoms with Gasteiger partial charge in [-0.3, -0.25) is 4.79 Å². The molecule has 2 N–H and O–H groups in total. The van der Waals surface area contributed by atoms with Crippen LogP contribution in [-0.4, -0.2) is 33.4 Å². The second kappa shape index (κ2) is 11.2. The minimum atomic E-state index is -4.24. The largest absolute Gasteiger partial charge is 0.329 e. The summed E-state index contributed by atoms with van der Waals surface area (Å²) in [6.45, 7) is 8.50. The molecule has 0 heterocycles. The molecular formula is C24H30FN3O4S. The van der Waals surface area contributed by atoms with E-state index in [9.17, 15) is 22.4 Å². The van der Waals surface area contributed by atoms with Crippen molar-refractivity contribution in [2.45, 2.75) is 19.4 Å². The minimum absolute atomic E-state index is 0. The van der Waals surface area contributed by atoms with Crippen molar-refractivity contribution in [3.63, 3.8) is 0 Å². The SMILES string of the molecule is C=C/C(C)=C(\C=C)S(=O)(=O)NC(=O)N[C@@H](Cc1ccccc1)C(=O)N(C)c1ccc(F)cc1.[HH].[HH]. The van der Waals surface area contributed by atoms with Crippen molar-refractivity contribution in [1.29, 1.82) is 0 Å². The Hall–Kier alpha value is -3.72. The van der Waals surface area contributed by atoms with Gasteiger partial charge in [0.05, 0.1) is 4.91 Å². The predicted molar refractivity (Wildman–Crippen MR) is 132 cm³/mol. The molecule has 1 atom stereocenters. The number of urea groups is 1. The van der Waals surface area contributed by atoms with E-state index in [1.54, 1.807) is 24.3 Å². The number of anilines is 1. The number of hydrogen-bond acceptors (Lipinski definition) is 4. The zero-order valence-corrected chi connectivity index (χ0v) is 19.2. The number of rotatable bonds is 9. The maximum Gasteiger partial charge on any atom is 0.329 e. The van der Waals surface area contributed by atoms with Crippen molar-refractivity contribution in [1.82, 2.24) is 10.0 Å². The molecule has 0 saturated heterocycles. The van der Waals surface area contributed by atoms with Crippen LogP contribution >= 0.6 is 0 Å². The van der Waals surface area contributed by atoms with Crippen LogP contribution in [0.3, 0.4) is 0 Å². The molecule has 2 rings (SSSR count). The van der Waals surface area contributed by atoms with E-state index in [2.05, 4.69) is 18.5 Å². The Morgan fingerprint density at radius 1 is 1.09 bits per heavy atom. The molecule has 0 aliphatic carbocycles. The molecule has 0 aliphatic heterocycles. The van der Waals surface area contributed by atoms with Crippen molar-refractivity contribution in [2.75, 3.05) is 11.9 Å². The van der Waals surface area contributed by atoms with Crippen LogP contribution in [-0.2, 0) is 21.2 Å². The molecule has 178 valence electrons. The van der Waals surface area contributed by atoms with Gasteiger partial charge >= 0.3 is 6.03 Å². The number of likely N-dealkylation sites (N-methyl/N-ethyl adjacent to an activating group) is 1. The Morgan fingerprint density at radius 2 is 1.70 bits per heavy atom. The predicted octanol–water partition coefficient (Wildman–Crippen LogP) is 4.17. The monoisotopic (exact) mass is 475 g/mol. The molecule has 2 aromatic carbocycles. The molecule has 0 unspecified atom stereocenters. The summed E-state index contributed by atoms with van der Waals surface area (Å²) in [5.74, 6) is -0.969. The molecular weight excluding hydrogens is 445 g/mol. The van der Waals surface area contributed by atoms with Gasteiger partial charge in [-0.25, -0.2) is 22.3 Å². The summed E-state index contributed by atoms with van der Waals surface area (Å²) in [7, 11) is -2.76. The third-order valence-electron chi connectivity index (χ3n) is 4.83. The highest BCUT2D eigenvalue weighted by atomic mass is 32.2. The summed E-state index contributed by atoms with van der Waals surface area (Å²) in [4.78, 5) is 26.8. The third kappa shape index (κ3) is 6.88. The summed E-state index contributed by atoms with van der Waals surface area (Å²) < 4.78 is 40.3. The number of carbonyl (C=O) groups excluding carboxylic acids is 2. The quantitative estimate of drug-likeness (QED) is 0.532. The van der Waals surface area contributed by atoms with Gasteiger partial charge in [-0.1, -0.05) is 49.6 Å². The Labute approximate surface area is 196 Å². The van der Waals surface area contributed by atoms with Gasteiger partial charge in [0.1, 0.15) is 11.9 Å². The summed E-state index contributed by atoms with van der Waals surface area (Å²) in [5, 5.41) is 2.44. The number of amides is 3.